The van der Waals surface area contributed by atoms with E-state index >= 15 is 0 Å². The molecule has 0 spiro atoms. The third kappa shape index (κ3) is 6.68. The number of hydrogen-bond donors (Lipinski definition) is 3. The molecule has 1 fully saturated rings. The maximum atomic E-state index is 12.0. The number of carbonyl (C=O) groups is 2. The van der Waals surface area contributed by atoms with Crippen LogP contribution in [0.1, 0.15) is 24.2 Å². The van der Waals surface area contributed by atoms with Gasteiger partial charge < -0.3 is 15.3 Å². The molecule has 3 N–H and O–H groups in total. The van der Waals surface area contributed by atoms with Gasteiger partial charge in [-0.1, -0.05) is 13.8 Å². The summed E-state index contributed by atoms with van der Waals surface area (Å²) in [5.41, 5.74) is 0.651. The van der Waals surface area contributed by atoms with Gasteiger partial charge in [-0.2, -0.15) is 0 Å². The van der Waals surface area contributed by atoms with Crippen molar-refractivity contribution in [1.82, 2.24) is 10.2 Å². The molecule has 0 atom stereocenters. The Labute approximate surface area is 165 Å². The second kappa shape index (κ2) is 9.24. The maximum absolute atomic E-state index is 12.0. The monoisotopic (exact) mass is 412 g/mol. The molecule has 0 aromatic heterocycles. The number of aromatic carboxylic acids is 1. The van der Waals surface area contributed by atoms with Crippen molar-refractivity contribution in [3.63, 3.8) is 0 Å². The predicted octanol–water partition coefficient (Wildman–Crippen LogP) is 0.651. The van der Waals surface area contributed by atoms with Crippen molar-refractivity contribution in [2.75, 3.05) is 55.1 Å². The molecule has 1 heterocycles. The van der Waals surface area contributed by atoms with Gasteiger partial charge in [-0.05, 0) is 24.1 Å². The molecule has 1 aromatic carbocycles. The Bertz CT molecular complexity index is 817. The topological polar surface area (TPSA) is 119 Å². The number of carboxylic acid groups (broad SMARTS) is 1. The number of carboxylic acids is 1. The van der Waals surface area contributed by atoms with E-state index in [1.807, 2.05) is 18.7 Å². The van der Waals surface area contributed by atoms with E-state index in [2.05, 4.69) is 14.9 Å². The van der Waals surface area contributed by atoms with Crippen LogP contribution >= 0.6 is 0 Å². The van der Waals surface area contributed by atoms with Gasteiger partial charge >= 0.3 is 5.97 Å². The molecule has 156 valence electrons. The number of amides is 1. The molecule has 1 aliphatic rings. The van der Waals surface area contributed by atoms with Crippen molar-refractivity contribution < 1.29 is 23.1 Å². The molecule has 28 heavy (non-hydrogen) atoms. The number of sulfonamides is 1. The van der Waals surface area contributed by atoms with Crippen LogP contribution in [0.4, 0.5) is 11.4 Å². The number of nitrogens with one attached hydrogen (secondary N) is 2. The molecule has 1 saturated heterocycles. The summed E-state index contributed by atoms with van der Waals surface area (Å²) in [4.78, 5) is 27.6. The van der Waals surface area contributed by atoms with Crippen LogP contribution in [0.2, 0.25) is 0 Å². The molecule has 1 aliphatic heterocycles. The van der Waals surface area contributed by atoms with Crippen molar-refractivity contribution in [2.24, 2.45) is 5.92 Å². The number of piperazine rings is 1. The van der Waals surface area contributed by atoms with Crippen LogP contribution in [-0.4, -0.2) is 75.8 Å². The highest BCUT2D eigenvalue weighted by Gasteiger charge is 2.21. The first-order valence-corrected chi connectivity index (χ1v) is 11.0. The predicted molar refractivity (Wildman–Crippen MR) is 108 cm³/mol. The van der Waals surface area contributed by atoms with Crippen LogP contribution in [0.5, 0.6) is 0 Å². The number of nitrogens with zero attached hydrogens (tertiary/aromatic N) is 2. The van der Waals surface area contributed by atoms with E-state index in [1.165, 1.54) is 12.1 Å². The average molecular weight is 413 g/mol. The number of benzene rings is 1. The van der Waals surface area contributed by atoms with E-state index in [1.54, 1.807) is 6.07 Å². The number of anilines is 2. The second-order valence-corrected chi connectivity index (χ2v) is 9.12. The zero-order chi connectivity index (χ0) is 20.9. The molecule has 0 bridgehead atoms. The minimum Gasteiger partial charge on any atom is -0.478 e. The highest BCUT2D eigenvalue weighted by atomic mass is 32.2. The van der Waals surface area contributed by atoms with Gasteiger partial charge in [0.2, 0.25) is 15.9 Å². The quantitative estimate of drug-likeness (QED) is 0.574. The van der Waals surface area contributed by atoms with Gasteiger partial charge in [0.05, 0.1) is 24.1 Å². The van der Waals surface area contributed by atoms with Crippen LogP contribution in [-0.2, 0) is 14.8 Å². The molecule has 0 unspecified atom stereocenters. The van der Waals surface area contributed by atoms with Gasteiger partial charge in [0.25, 0.3) is 0 Å². The van der Waals surface area contributed by atoms with Crippen LogP contribution < -0.4 is 14.9 Å². The zero-order valence-corrected chi connectivity index (χ0v) is 17.3. The molecular weight excluding hydrogens is 384 g/mol. The third-order valence-electron chi connectivity index (χ3n) is 4.34. The molecule has 0 saturated carbocycles. The average Bonchev–Trinajstić information content (AvgIpc) is 2.59. The summed E-state index contributed by atoms with van der Waals surface area (Å²) in [5, 5.41) is 12.3. The van der Waals surface area contributed by atoms with E-state index in [4.69, 9.17) is 0 Å². The van der Waals surface area contributed by atoms with Crippen LogP contribution in [0, 0.1) is 5.92 Å². The highest BCUT2D eigenvalue weighted by molar-refractivity contribution is 7.92. The van der Waals surface area contributed by atoms with Crippen molar-refractivity contribution >= 4 is 33.3 Å². The lowest BCUT2D eigenvalue weighted by Crippen LogP contribution is -2.49. The largest absolute Gasteiger partial charge is 0.478 e. The Morgan fingerprint density at radius 1 is 1.18 bits per heavy atom. The van der Waals surface area contributed by atoms with E-state index in [9.17, 15) is 23.1 Å². The lowest BCUT2D eigenvalue weighted by molar-refractivity contribution is -0.122. The van der Waals surface area contributed by atoms with Gasteiger partial charge in [0, 0.05) is 38.4 Å². The Hall–Kier alpha value is -2.33. The molecule has 9 nitrogen and oxygen atoms in total. The fourth-order valence-corrected chi connectivity index (χ4v) is 3.51. The molecule has 10 heteroatoms. The van der Waals surface area contributed by atoms with E-state index in [-0.39, 0.29) is 17.2 Å². The Morgan fingerprint density at radius 2 is 1.82 bits per heavy atom. The summed E-state index contributed by atoms with van der Waals surface area (Å²) in [5.74, 6) is -0.788. The number of rotatable bonds is 8. The van der Waals surface area contributed by atoms with Gasteiger partial charge in [0.1, 0.15) is 0 Å². The second-order valence-electron chi connectivity index (χ2n) is 7.37. The first kappa shape index (κ1) is 22.0. The fourth-order valence-electron chi connectivity index (χ4n) is 2.94. The maximum Gasteiger partial charge on any atom is 0.337 e. The molecule has 1 aromatic rings. The Balaban J connectivity index is 1.99. The third-order valence-corrected chi connectivity index (χ3v) is 4.93. The first-order valence-electron chi connectivity index (χ1n) is 9.14. The molecule has 1 amide bonds. The summed E-state index contributed by atoms with van der Waals surface area (Å²) in [6.07, 6.45) is 0.975. The standard InChI is InChI=1S/C18H28N4O5S/c1-13(2)11-19-17(23)12-21-6-8-22(9-7-21)14-4-5-16(20-28(3,26)27)15(10-14)18(24)25/h4-5,10,13,20H,6-9,11-12H2,1-3H3,(H,19,23)(H,24,25). The molecule has 0 radical (unpaired) electrons. The van der Waals surface area contributed by atoms with E-state index < -0.39 is 16.0 Å². The highest BCUT2D eigenvalue weighted by Crippen LogP contribution is 2.25. The first-order chi connectivity index (χ1) is 13.0. The molecule has 2 rings (SSSR count). The van der Waals surface area contributed by atoms with Crippen LogP contribution in [0.3, 0.4) is 0 Å². The lowest BCUT2D eigenvalue weighted by Gasteiger charge is -2.36. The Morgan fingerprint density at radius 3 is 2.36 bits per heavy atom. The smallest absolute Gasteiger partial charge is 0.337 e. The summed E-state index contributed by atoms with van der Waals surface area (Å²) in [7, 11) is -3.57. The van der Waals surface area contributed by atoms with Crippen molar-refractivity contribution in [3.05, 3.63) is 23.8 Å². The normalized spacial score (nSPS) is 15.5. The summed E-state index contributed by atoms with van der Waals surface area (Å²) in [6.45, 7) is 7.75. The summed E-state index contributed by atoms with van der Waals surface area (Å²) < 4.78 is 25.1. The van der Waals surface area contributed by atoms with Crippen LogP contribution in [0.15, 0.2) is 18.2 Å². The van der Waals surface area contributed by atoms with Crippen molar-refractivity contribution in [3.8, 4) is 0 Å². The minimum absolute atomic E-state index is 0.00603. The molecule has 0 aliphatic carbocycles. The number of hydrogen-bond acceptors (Lipinski definition) is 6. The van der Waals surface area contributed by atoms with Gasteiger partial charge in [0.15, 0.2) is 0 Å². The van der Waals surface area contributed by atoms with Crippen molar-refractivity contribution in [2.45, 2.75) is 13.8 Å². The minimum atomic E-state index is -3.57. The fraction of sp³-hybridized carbons (Fsp3) is 0.556. The van der Waals surface area contributed by atoms with Gasteiger partial charge in [-0.25, -0.2) is 13.2 Å². The number of carbonyl (C=O) groups excluding carboxylic acids is 1. The zero-order valence-electron chi connectivity index (χ0n) is 16.4. The summed E-state index contributed by atoms with van der Waals surface area (Å²) in [6, 6.07) is 4.64. The van der Waals surface area contributed by atoms with E-state index in [0.717, 1.165) is 6.26 Å². The SMILES string of the molecule is CC(C)CNC(=O)CN1CCN(c2ccc(NS(C)(=O)=O)c(C(=O)O)c2)CC1. The van der Waals surface area contributed by atoms with Crippen molar-refractivity contribution in [1.29, 1.82) is 0 Å². The van der Waals surface area contributed by atoms with Gasteiger partial charge in [-0.3, -0.25) is 14.4 Å². The lowest BCUT2D eigenvalue weighted by atomic mass is 10.1. The Kier molecular flexibility index (Phi) is 7.25. The molecular formula is C18H28N4O5S. The van der Waals surface area contributed by atoms with Gasteiger partial charge in [-0.15, -0.1) is 0 Å². The van der Waals surface area contributed by atoms with Crippen LogP contribution in [0.25, 0.3) is 0 Å². The van der Waals surface area contributed by atoms with E-state index in [0.29, 0.717) is 50.9 Å². The summed E-state index contributed by atoms with van der Waals surface area (Å²) >= 11 is 0.